The van der Waals surface area contributed by atoms with Gasteiger partial charge in [-0.2, -0.15) is 10.1 Å². The molecule has 0 spiro atoms. The Labute approximate surface area is 72.9 Å². The van der Waals surface area contributed by atoms with Crippen LogP contribution in [0.4, 0.5) is 0 Å². The standard InChI is InChI=1S/C7H7N3OS/c1-4-6(11)9-7(12-4)5-2-3-8-10-5/h2-3,11H,1H3,(H,8,10). The van der Waals surface area contributed by atoms with E-state index in [4.69, 9.17) is 0 Å². The molecule has 2 aromatic rings. The van der Waals surface area contributed by atoms with Crippen LogP contribution in [0.15, 0.2) is 12.3 Å². The number of H-pyrrole nitrogens is 1. The molecule has 0 amide bonds. The minimum absolute atomic E-state index is 0.101. The maximum absolute atomic E-state index is 9.20. The van der Waals surface area contributed by atoms with Crippen molar-refractivity contribution >= 4 is 11.3 Å². The van der Waals surface area contributed by atoms with Gasteiger partial charge in [-0.3, -0.25) is 5.10 Å². The maximum atomic E-state index is 9.20. The molecular formula is C7H7N3OS. The molecule has 5 heteroatoms. The van der Waals surface area contributed by atoms with Crippen molar-refractivity contribution in [3.05, 3.63) is 17.1 Å². The molecule has 0 fully saturated rings. The molecule has 2 aromatic heterocycles. The number of hydrogen-bond donors (Lipinski definition) is 2. The summed E-state index contributed by atoms with van der Waals surface area (Å²) in [5.74, 6) is 0.101. The Morgan fingerprint density at radius 2 is 2.42 bits per heavy atom. The van der Waals surface area contributed by atoms with E-state index in [1.807, 2.05) is 13.0 Å². The fourth-order valence-electron chi connectivity index (χ4n) is 0.879. The molecule has 0 unspecified atom stereocenters. The fourth-order valence-corrected chi connectivity index (χ4v) is 1.66. The van der Waals surface area contributed by atoms with Crippen LogP contribution in [0.2, 0.25) is 0 Å². The quantitative estimate of drug-likeness (QED) is 0.701. The van der Waals surface area contributed by atoms with E-state index in [-0.39, 0.29) is 5.88 Å². The zero-order valence-electron chi connectivity index (χ0n) is 6.40. The third-order valence-electron chi connectivity index (χ3n) is 1.50. The van der Waals surface area contributed by atoms with Crippen molar-refractivity contribution in [2.24, 2.45) is 0 Å². The lowest BCUT2D eigenvalue weighted by molar-refractivity contribution is 0.454. The van der Waals surface area contributed by atoms with Gasteiger partial charge in [0, 0.05) is 6.20 Å². The number of aromatic amines is 1. The Morgan fingerprint density at radius 3 is 2.92 bits per heavy atom. The Bertz CT molecular complexity index is 360. The molecule has 0 aliphatic rings. The van der Waals surface area contributed by atoms with Crippen molar-refractivity contribution in [2.45, 2.75) is 6.92 Å². The van der Waals surface area contributed by atoms with Gasteiger partial charge in [-0.15, -0.1) is 11.3 Å². The van der Waals surface area contributed by atoms with Crippen molar-refractivity contribution in [1.29, 1.82) is 0 Å². The number of rotatable bonds is 1. The van der Waals surface area contributed by atoms with Gasteiger partial charge in [-0.05, 0) is 13.0 Å². The predicted octanol–water partition coefficient (Wildman–Crippen LogP) is 1.55. The maximum Gasteiger partial charge on any atom is 0.225 e. The molecular weight excluding hydrogens is 174 g/mol. The summed E-state index contributed by atoms with van der Waals surface area (Å²) in [5, 5.41) is 16.5. The van der Waals surface area contributed by atoms with E-state index < -0.39 is 0 Å². The molecule has 2 heterocycles. The van der Waals surface area contributed by atoms with Crippen LogP contribution in [-0.4, -0.2) is 20.3 Å². The van der Waals surface area contributed by atoms with Crippen molar-refractivity contribution in [1.82, 2.24) is 15.2 Å². The van der Waals surface area contributed by atoms with Crippen molar-refractivity contribution in [2.75, 3.05) is 0 Å². The zero-order valence-corrected chi connectivity index (χ0v) is 7.22. The molecule has 4 nitrogen and oxygen atoms in total. The number of nitrogens with one attached hydrogen (secondary N) is 1. The van der Waals surface area contributed by atoms with Crippen LogP contribution >= 0.6 is 11.3 Å². The van der Waals surface area contributed by atoms with Crippen LogP contribution in [0.25, 0.3) is 10.7 Å². The second-order valence-corrected chi connectivity index (χ2v) is 3.57. The molecule has 0 saturated carbocycles. The highest BCUT2D eigenvalue weighted by Gasteiger charge is 2.08. The normalized spacial score (nSPS) is 10.4. The second kappa shape index (κ2) is 2.60. The van der Waals surface area contributed by atoms with Gasteiger partial charge in [0.25, 0.3) is 0 Å². The number of aromatic hydroxyl groups is 1. The first-order chi connectivity index (χ1) is 5.77. The monoisotopic (exact) mass is 181 g/mol. The van der Waals surface area contributed by atoms with Crippen molar-refractivity contribution < 1.29 is 5.11 Å². The minimum atomic E-state index is 0.101. The average Bonchev–Trinajstić information content (AvgIpc) is 2.61. The lowest BCUT2D eigenvalue weighted by atomic mass is 10.5. The SMILES string of the molecule is Cc1sc(-c2ccn[nH]2)nc1O. The molecule has 0 atom stereocenters. The zero-order chi connectivity index (χ0) is 8.55. The van der Waals surface area contributed by atoms with Gasteiger partial charge in [0.05, 0.1) is 10.6 Å². The van der Waals surface area contributed by atoms with Crippen LogP contribution < -0.4 is 0 Å². The highest BCUT2D eigenvalue weighted by molar-refractivity contribution is 7.15. The van der Waals surface area contributed by atoms with E-state index in [0.29, 0.717) is 0 Å². The van der Waals surface area contributed by atoms with Crippen molar-refractivity contribution in [3.8, 4) is 16.6 Å². The van der Waals surface area contributed by atoms with Crippen LogP contribution in [0.3, 0.4) is 0 Å². The summed E-state index contributed by atoms with van der Waals surface area (Å²) < 4.78 is 0. The van der Waals surface area contributed by atoms with Crippen LogP contribution in [0, 0.1) is 6.92 Å². The first kappa shape index (κ1) is 7.30. The average molecular weight is 181 g/mol. The number of thiazole rings is 1. The van der Waals surface area contributed by atoms with E-state index in [1.54, 1.807) is 6.20 Å². The first-order valence-electron chi connectivity index (χ1n) is 3.43. The van der Waals surface area contributed by atoms with E-state index in [0.717, 1.165) is 15.6 Å². The van der Waals surface area contributed by atoms with E-state index in [2.05, 4.69) is 15.2 Å². The van der Waals surface area contributed by atoms with E-state index in [9.17, 15) is 5.11 Å². The smallest absolute Gasteiger partial charge is 0.225 e. The molecule has 0 radical (unpaired) electrons. The summed E-state index contributed by atoms with van der Waals surface area (Å²) >= 11 is 1.44. The molecule has 12 heavy (non-hydrogen) atoms. The topological polar surface area (TPSA) is 61.8 Å². The summed E-state index contributed by atoms with van der Waals surface area (Å²) in [6, 6.07) is 1.82. The molecule has 2 N–H and O–H groups in total. The Balaban J connectivity index is 2.48. The minimum Gasteiger partial charge on any atom is -0.492 e. The van der Waals surface area contributed by atoms with Gasteiger partial charge in [-0.1, -0.05) is 0 Å². The van der Waals surface area contributed by atoms with Crippen molar-refractivity contribution in [3.63, 3.8) is 0 Å². The largest absolute Gasteiger partial charge is 0.492 e. The van der Waals surface area contributed by atoms with Crippen LogP contribution in [0.5, 0.6) is 5.88 Å². The molecule has 0 aliphatic carbocycles. The molecule has 2 rings (SSSR count). The molecule has 0 saturated heterocycles. The summed E-state index contributed by atoms with van der Waals surface area (Å²) in [7, 11) is 0. The van der Waals surface area contributed by atoms with E-state index >= 15 is 0 Å². The van der Waals surface area contributed by atoms with Gasteiger partial charge in [0.15, 0.2) is 0 Å². The molecule has 0 aliphatic heterocycles. The fraction of sp³-hybridized carbons (Fsp3) is 0.143. The summed E-state index contributed by atoms with van der Waals surface area (Å²) in [6.45, 7) is 1.83. The number of hydrogen-bond acceptors (Lipinski definition) is 4. The molecule has 0 aromatic carbocycles. The summed E-state index contributed by atoms with van der Waals surface area (Å²) in [4.78, 5) is 4.77. The lowest BCUT2D eigenvalue weighted by Crippen LogP contribution is -1.74. The number of aryl methyl sites for hydroxylation is 1. The Kier molecular flexibility index (Phi) is 1.58. The summed E-state index contributed by atoms with van der Waals surface area (Å²) in [6.07, 6.45) is 1.66. The number of aromatic nitrogens is 3. The highest BCUT2D eigenvalue weighted by Crippen LogP contribution is 2.29. The van der Waals surface area contributed by atoms with Gasteiger partial charge in [0.1, 0.15) is 5.01 Å². The second-order valence-electron chi connectivity index (χ2n) is 2.37. The van der Waals surface area contributed by atoms with Crippen LogP contribution in [0.1, 0.15) is 4.88 Å². The third-order valence-corrected chi connectivity index (χ3v) is 2.50. The highest BCUT2D eigenvalue weighted by atomic mass is 32.1. The molecule has 62 valence electrons. The van der Waals surface area contributed by atoms with Gasteiger partial charge in [-0.25, -0.2) is 0 Å². The molecule has 0 bridgehead atoms. The Hall–Kier alpha value is -1.36. The van der Waals surface area contributed by atoms with Crippen LogP contribution in [-0.2, 0) is 0 Å². The predicted molar refractivity (Wildman–Crippen MR) is 46.1 cm³/mol. The first-order valence-corrected chi connectivity index (χ1v) is 4.25. The Morgan fingerprint density at radius 1 is 1.58 bits per heavy atom. The lowest BCUT2D eigenvalue weighted by Gasteiger charge is -1.84. The third kappa shape index (κ3) is 1.08. The summed E-state index contributed by atoms with van der Waals surface area (Å²) in [5.41, 5.74) is 0.836. The van der Waals surface area contributed by atoms with Gasteiger partial charge < -0.3 is 5.11 Å². The van der Waals surface area contributed by atoms with Gasteiger partial charge in [0.2, 0.25) is 5.88 Å². The van der Waals surface area contributed by atoms with Gasteiger partial charge >= 0.3 is 0 Å². The number of nitrogens with zero attached hydrogens (tertiary/aromatic N) is 2. The van der Waals surface area contributed by atoms with E-state index in [1.165, 1.54) is 11.3 Å².